The molecule has 2 unspecified atom stereocenters. The van der Waals surface area contributed by atoms with E-state index < -0.39 is 0 Å². The van der Waals surface area contributed by atoms with E-state index in [0.717, 1.165) is 6.42 Å². The van der Waals surface area contributed by atoms with Crippen molar-refractivity contribution in [2.45, 2.75) is 43.6 Å². The minimum atomic E-state index is -0.0797. The van der Waals surface area contributed by atoms with Crippen molar-refractivity contribution >= 4 is 0 Å². The Hall–Kier alpha value is -0.820. The van der Waals surface area contributed by atoms with Gasteiger partial charge in [-0.25, -0.2) is 0 Å². The molecule has 1 spiro atoms. The van der Waals surface area contributed by atoms with Gasteiger partial charge in [-0.2, -0.15) is 0 Å². The predicted octanol–water partition coefficient (Wildman–Crippen LogP) is 2.42. The van der Waals surface area contributed by atoms with Crippen molar-refractivity contribution in [2.24, 2.45) is 0 Å². The summed E-state index contributed by atoms with van der Waals surface area (Å²) >= 11 is 0. The van der Waals surface area contributed by atoms with Crippen LogP contribution in [0.3, 0.4) is 0 Å². The molecule has 1 nitrogen and oxygen atoms in total. The second-order valence-electron chi connectivity index (χ2n) is 4.72. The molecule has 1 saturated carbocycles. The fraction of sp³-hybridized carbons (Fsp3) is 0.538. The third kappa shape index (κ3) is 0.936. The Morgan fingerprint density at radius 3 is 2.79 bits per heavy atom. The predicted molar refractivity (Wildman–Crippen MR) is 56.3 cm³/mol. The molecule has 1 aromatic rings. The fourth-order valence-corrected chi connectivity index (χ4v) is 3.18. The quantitative estimate of drug-likeness (QED) is 0.663. The molecule has 0 heterocycles. The molecule has 2 atom stereocenters. The zero-order valence-electron chi connectivity index (χ0n) is 8.37. The minimum absolute atomic E-state index is 0.0797. The van der Waals surface area contributed by atoms with Crippen molar-refractivity contribution < 1.29 is 5.11 Å². The molecule has 0 aromatic heterocycles. The van der Waals surface area contributed by atoms with Crippen LogP contribution in [-0.4, -0.2) is 11.2 Å². The topological polar surface area (TPSA) is 20.2 Å². The highest BCUT2D eigenvalue weighted by molar-refractivity contribution is 5.40. The van der Waals surface area contributed by atoms with Crippen LogP contribution in [0.2, 0.25) is 0 Å². The number of benzene rings is 1. The van der Waals surface area contributed by atoms with E-state index in [2.05, 4.69) is 24.3 Å². The van der Waals surface area contributed by atoms with Crippen LogP contribution in [0, 0.1) is 0 Å². The Balaban J connectivity index is 2.11. The molecule has 0 bridgehead atoms. The number of hydrogen-bond donors (Lipinski definition) is 1. The van der Waals surface area contributed by atoms with Crippen LogP contribution in [0.4, 0.5) is 0 Å². The summed E-state index contributed by atoms with van der Waals surface area (Å²) in [6.07, 6.45) is 5.73. The molecule has 0 amide bonds. The highest BCUT2D eigenvalue weighted by Crippen LogP contribution is 2.51. The fourth-order valence-electron chi connectivity index (χ4n) is 3.18. The van der Waals surface area contributed by atoms with E-state index in [1.54, 1.807) is 0 Å². The molecule has 0 radical (unpaired) electrons. The van der Waals surface area contributed by atoms with Crippen LogP contribution in [0.1, 0.15) is 36.8 Å². The maximum absolute atomic E-state index is 9.97. The van der Waals surface area contributed by atoms with E-state index in [4.69, 9.17) is 0 Å². The molecule has 0 saturated heterocycles. The van der Waals surface area contributed by atoms with Crippen LogP contribution in [0.25, 0.3) is 0 Å². The number of fused-ring (bicyclic) bond motifs is 2. The standard InChI is InChI=1S/C13H16O/c14-12-7-9-13(12)8-3-5-10-4-1-2-6-11(10)13/h1-2,4,6,12,14H,3,5,7-9H2. The molecule has 1 aromatic carbocycles. The summed E-state index contributed by atoms with van der Waals surface area (Å²) in [6, 6.07) is 8.66. The van der Waals surface area contributed by atoms with Crippen molar-refractivity contribution in [1.82, 2.24) is 0 Å². The van der Waals surface area contributed by atoms with Gasteiger partial charge in [0.25, 0.3) is 0 Å². The largest absolute Gasteiger partial charge is 0.392 e. The smallest absolute Gasteiger partial charge is 0.0637 e. The van der Waals surface area contributed by atoms with E-state index in [-0.39, 0.29) is 11.5 Å². The zero-order valence-corrected chi connectivity index (χ0v) is 8.37. The molecule has 0 aliphatic heterocycles. The van der Waals surface area contributed by atoms with Gasteiger partial charge in [0, 0.05) is 5.41 Å². The van der Waals surface area contributed by atoms with Gasteiger partial charge in [-0.3, -0.25) is 0 Å². The lowest BCUT2D eigenvalue weighted by Gasteiger charge is -2.50. The van der Waals surface area contributed by atoms with Gasteiger partial charge >= 0.3 is 0 Å². The molecule has 1 heteroatoms. The van der Waals surface area contributed by atoms with Gasteiger partial charge in [-0.15, -0.1) is 0 Å². The lowest BCUT2D eigenvalue weighted by molar-refractivity contribution is -0.0171. The summed E-state index contributed by atoms with van der Waals surface area (Å²) in [5, 5.41) is 9.97. The zero-order chi connectivity index (χ0) is 9.60. The van der Waals surface area contributed by atoms with Crippen LogP contribution in [-0.2, 0) is 11.8 Å². The monoisotopic (exact) mass is 188 g/mol. The van der Waals surface area contributed by atoms with Crippen LogP contribution in [0.5, 0.6) is 0 Å². The van der Waals surface area contributed by atoms with Gasteiger partial charge in [0.2, 0.25) is 0 Å². The van der Waals surface area contributed by atoms with Gasteiger partial charge in [-0.1, -0.05) is 24.3 Å². The van der Waals surface area contributed by atoms with Gasteiger partial charge in [-0.05, 0) is 43.2 Å². The van der Waals surface area contributed by atoms with Crippen LogP contribution < -0.4 is 0 Å². The molecule has 1 fully saturated rings. The second-order valence-corrected chi connectivity index (χ2v) is 4.72. The van der Waals surface area contributed by atoms with Gasteiger partial charge < -0.3 is 5.11 Å². The molecule has 74 valence electrons. The van der Waals surface area contributed by atoms with Crippen molar-refractivity contribution in [2.75, 3.05) is 0 Å². The Morgan fingerprint density at radius 1 is 1.21 bits per heavy atom. The summed E-state index contributed by atoms with van der Waals surface area (Å²) in [4.78, 5) is 0. The van der Waals surface area contributed by atoms with E-state index in [0.29, 0.717) is 0 Å². The summed E-state index contributed by atoms with van der Waals surface area (Å²) < 4.78 is 0. The number of hydrogen-bond acceptors (Lipinski definition) is 1. The first-order valence-electron chi connectivity index (χ1n) is 5.59. The normalized spacial score (nSPS) is 35.1. The number of aryl methyl sites for hydroxylation is 1. The molecular formula is C13H16O. The minimum Gasteiger partial charge on any atom is -0.392 e. The number of aliphatic hydroxyl groups excluding tert-OH is 1. The first-order chi connectivity index (χ1) is 6.83. The van der Waals surface area contributed by atoms with Crippen molar-refractivity contribution in [3.63, 3.8) is 0 Å². The van der Waals surface area contributed by atoms with Gasteiger partial charge in [0.15, 0.2) is 0 Å². The van der Waals surface area contributed by atoms with E-state index in [1.165, 1.54) is 36.8 Å². The Bertz CT molecular complexity index is 358. The van der Waals surface area contributed by atoms with Crippen LogP contribution >= 0.6 is 0 Å². The van der Waals surface area contributed by atoms with Gasteiger partial charge in [0.1, 0.15) is 0 Å². The van der Waals surface area contributed by atoms with Crippen molar-refractivity contribution in [1.29, 1.82) is 0 Å². The average molecular weight is 188 g/mol. The lowest BCUT2D eigenvalue weighted by atomic mass is 9.56. The van der Waals surface area contributed by atoms with Crippen LogP contribution in [0.15, 0.2) is 24.3 Å². The molecular weight excluding hydrogens is 172 g/mol. The first kappa shape index (κ1) is 8.49. The van der Waals surface area contributed by atoms with E-state index >= 15 is 0 Å². The summed E-state index contributed by atoms with van der Waals surface area (Å²) in [5.41, 5.74) is 3.05. The SMILES string of the molecule is OC1CCC12CCCc1ccccc12. The molecule has 3 rings (SSSR count). The van der Waals surface area contributed by atoms with Crippen molar-refractivity contribution in [3.05, 3.63) is 35.4 Å². The summed E-state index contributed by atoms with van der Waals surface area (Å²) in [7, 11) is 0. The number of rotatable bonds is 0. The molecule has 14 heavy (non-hydrogen) atoms. The van der Waals surface area contributed by atoms with E-state index in [1.807, 2.05) is 0 Å². The maximum Gasteiger partial charge on any atom is 0.0637 e. The molecule has 2 aliphatic carbocycles. The highest BCUT2D eigenvalue weighted by atomic mass is 16.3. The number of aliphatic hydroxyl groups is 1. The average Bonchev–Trinajstić information content (AvgIpc) is 2.26. The van der Waals surface area contributed by atoms with Gasteiger partial charge in [0.05, 0.1) is 6.10 Å². The van der Waals surface area contributed by atoms with Crippen molar-refractivity contribution in [3.8, 4) is 0 Å². The third-order valence-electron chi connectivity index (χ3n) is 4.12. The molecule has 1 N–H and O–H groups in total. The van der Waals surface area contributed by atoms with E-state index in [9.17, 15) is 5.11 Å². The lowest BCUT2D eigenvalue weighted by Crippen LogP contribution is -2.50. The summed E-state index contributed by atoms with van der Waals surface area (Å²) in [5.74, 6) is 0. The third-order valence-corrected chi connectivity index (χ3v) is 4.12. The Labute approximate surface area is 84.8 Å². The second kappa shape index (κ2) is 2.83. The Morgan fingerprint density at radius 2 is 2.07 bits per heavy atom. The highest BCUT2D eigenvalue weighted by Gasteiger charge is 2.48. The first-order valence-corrected chi connectivity index (χ1v) is 5.59. The Kier molecular flexibility index (Phi) is 1.72. The maximum atomic E-state index is 9.97. The molecule has 2 aliphatic rings. The summed E-state index contributed by atoms with van der Waals surface area (Å²) in [6.45, 7) is 0.